The highest BCUT2D eigenvalue weighted by Crippen LogP contribution is 2.26. The van der Waals surface area contributed by atoms with E-state index in [4.69, 9.17) is 11.6 Å². The highest BCUT2D eigenvalue weighted by molar-refractivity contribution is 6.20. The molecule has 2 nitrogen and oxygen atoms in total. The number of amides is 1. The molecule has 0 radical (unpaired) electrons. The van der Waals surface area contributed by atoms with E-state index >= 15 is 0 Å². The second kappa shape index (κ2) is 5.35. The Morgan fingerprint density at radius 2 is 1.94 bits per heavy atom. The predicted molar refractivity (Wildman–Crippen MR) is 68.8 cm³/mol. The maximum atomic E-state index is 12.0. The van der Waals surface area contributed by atoms with Gasteiger partial charge in [0.2, 0.25) is 5.91 Å². The first-order chi connectivity index (χ1) is 7.42. The van der Waals surface area contributed by atoms with Crippen molar-refractivity contribution in [3.8, 4) is 0 Å². The summed E-state index contributed by atoms with van der Waals surface area (Å²) in [5, 5.41) is 2.89. The Morgan fingerprint density at radius 1 is 1.38 bits per heavy atom. The lowest BCUT2D eigenvalue weighted by Crippen LogP contribution is -2.32. The van der Waals surface area contributed by atoms with E-state index in [1.54, 1.807) is 0 Å². The number of anilines is 1. The van der Waals surface area contributed by atoms with Crippen molar-refractivity contribution in [3.05, 3.63) is 30.3 Å². The molecule has 0 aliphatic heterocycles. The average Bonchev–Trinajstić information content (AvgIpc) is 2.17. The maximum Gasteiger partial charge on any atom is 0.230 e. The van der Waals surface area contributed by atoms with Gasteiger partial charge in [-0.1, -0.05) is 32.0 Å². The molecule has 0 saturated carbocycles. The van der Waals surface area contributed by atoms with E-state index in [0.717, 1.165) is 5.69 Å². The maximum absolute atomic E-state index is 12.0. The monoisotopic (exact) mass is 239 g/mol. The van der Waals surface area contributed by atoms with Crippen molar-refractivity contribution in [2.75, 3.05) is 5.32 Å². The Hall–Kier alpha value is -1.02. The lowest BCUT2D eigenvalue weighted by Gasteiger charge is -2.24. The van der Waals surface area contributed by atoms with Crippen LogP contribution in [0.4, 0.5) is 5.69 Å². The highest BCUT2D eigenvalue weighted by Gasteiger charge is 2.28. The van der Waals surface area contributed by atoms with Crippen molar-refractivity contribution >= 4 is 23.2 Å². The number of benzene rings is 1. The highest BCUT2D eigenvalue weighted by atomic mass is 35.5. The van der Waals surface area contributed by atoms with Crippen molar-refractivity contribution in [2.45, 2.75) is 32.6 Å². The molecule has 1 amide bonds. The molecule has 0 aliphatic carbocycles. The second-order valence-corrected chi connectivity index (χ2v) is 5.43. The molecule has 3 heteroatoms. The van der Waals surface area contributed by atoms with Crippen LogP contribution in [-0.2, 0) is 4.79 Å². The molecule has 0 heterocycles. The van der Waals surface area contributed by atoms with E-state index in [1.165, 1.54) is 0 Å². The molecule has 0 aliphatic rings. The Balaban J connectivity index is 2.65. The Labute approximate surface area is 102 Å². The number of para-hydroxylation sites is 1. The minimum Gasteiger partial charge on any atom is -0.326 e. The van der Waals surface area contributed by atoms with Crippen LogP contribution in [-0.4, -0.2) is 11.3 Å². The van der Waals surface area contributed by atoms with Crippen LogP contribution in [0, 0.1) is 5.41 Å². The van der Waals surface area contributed by atoms with Crippen LogP contribution >= 0.6 is 11.6 Å². The van der Waals surface area contributed by atoms with Gasteiger partial charge in [-0.2, -0.15) is 0 Å². The molecule has 0 spiro atoms. The minimum absolute atomic E-state index is 0.00322. The second-order valence-electron chi connectivity index (χ2n) is 4.69. The smallest absolute Gasteiger partial charge is 0.230 e. The third-order valence-electron chi connectivity index (χ3n) is 2.44. The Bertz CT molecular complexity index is 346. The van der Waals surface area contributed by atoms with Crippen molar-refractivity contribution in [2.24, 2.45) is 5.41 Å². The number of alkyl halides is 1. The van der Waals surface area contributed by atoms with E-state index in [0.29, 0.717) is 6.42 Å². The molecule has 1 atom stereocenters. The van der Waals surface area contributed by atoms with E-state index < -0.39 is 5.41 Å². The summed E-state index contributed by atoms with van der Waals surface area (Å²) >= 11 is 5.93. The Morgan fingerprint density at radius 3 is 2.44 bits per heavy atom. The normalized spacial score (nSPS) is 13.2. The summed E-state index contributed by atoms with van der Waals surface area (Å²) < 4.78 is 0. The summed E-state index contributed by atoms with van der Waals surface area (Å²) in [5.74, 6) is 0.00574. The molecule has 0 saturated heterocycles. The molecule has 1 N–H and O–H groups in total. The standard InChI is InChI=1S/C13H18ClNO/c1-10(14)9-13(2,3)12(16)15-11-7-5-4-6-8-11/h4-8,10H,9H2,1-3H3,(H,15,16). The molecule has 0 aromatic heterocycles. The zero-order valence-electron chi connectivity index (χ0n) is 9.96. The van der Waals surface area contributed by atoms with Gasteiger partial charge in [-0.25, -0.2) is 0 Å². The fourth-order valence-electron chi connectivity index (χ4n) is 1.62. The quantitative estimate of drug-likeness (QED) is 0.799. The van der Waals surface area contributed by atoms with E-state index in [1.807, 2.05) is 51.1 Å². The van der Waals surface area contributed by atoms with E-state index in [2.05, 4.69) is 5.32 Å². The number of hydrogen-bond donors (Lipinski definition) is 1. The number of carbonyl (C=O) groups excluding carboxylic acids is 1. The molecule has 1 aromatic rings. The van der Waals surface area contributed by atoms with Crippen LogP contribution in [0.2, 0.25) is 0 Å². The summed E-state index contributed by atoms with van der Waals surface area (Å²) in [6.45, 7) is 5.72. The fraction of sp³-hybridized carbons (Fsp3) is 0.462. The predicted octanol–water partition coefficient (Wildman–Crippen LogP) is 3.67. The van der Waals surface area contributed by atoms with Crippen molar-refractivity contribution in [1.82, 2.24) is 0 Å². The largest absolute Gasteiger partial charge is 0.326 e. The summed E-state index contributed by atoms with van der Waals surface area (Å²) in [6, 6.07) is 9.46. The molecule has 1 unspecified atom stereocenters. The fourth-order valence-corrected chi connectivity index (χ4v) is 2.00. The van der Waals surface area contributed by atoms with Gasteiger partial charge in [0, 0.05) is 16.5 Å². The van der Waals surface area contributed by atoms with Gasteiger partial charge in [0.1, 0.15) is 0 Å². The molecule has 0 bridgehead atoms. The minimum atomic E-state index is -0.447. The third kappa shape index (κ3) is 3.86. The van der Waals surface area contributed by atoms with Crippen molar-refractivity contribution < 1.29 is 4.79 Å². The van der Waals surface area contributed by atoms with Crippen LogP contribution in [0.1, 0.15) is 27.2 Å². The molecular weight excluding hydrogens is 222 g/mol. The van der Waals surface area contributed by atoms with Crippen molar-refractivity contribution in [1.29, 1.82) is 0 Å². The molecule has 1 aromatic carbocycles. The number of rotatable bonds is 4. The first-order valence-electron chi connectivity index (χ1n) is 5.42. The lowest BCUT2D eigenvalue weighted by atomic mass is 9.87. The molecular formula is C13H18ClNO. The van der Waals surface area contributed by atoms with Gasteiger partial charge in [-0.3, -0.25) is 4.79 Å². The SMILES string of the molecule is CC(Cl)CC(C)(C)C(=O)Nc1ccccc1. The average molecular weight is 240 g/mol. The van der Waals surface area contributed by atoms with Crippen LogP contribution in [0.15, 0.2) is 30.3 Å². The van der Waals surface area contributed by atoms with E-state index in [9.17, 15) is 4.79 Å². The number of halogens is 1. The first kappa shape index (κ1) is 13.0. The molecule has 16 heavy (non-hydrogen) atoms. The Kier molecular flexibility index (Phi) is 4.36. The van der Waals surface area contributed by atoms with Gasteiger partial charge >= 0.3 is 0 Å². The number of hydrogen-bond acceptors (Lipinski definition) is 1. The number of nitrogens with one attached hydrogen (secondary N) is 1. The summed E-state index contributed by atoms with van der Waals surface area (Å²) in [4.78, 5) is 12.0. The van der Waals surface area contributed by atoms with Gasteiger partial charge in [-0.15, -0.1) is 11.6 Å². The first-order valence-corrected chi connectivity index (χ1v) is 5.86. The van der Waals surface area contributed by atoms with Crippen LogP contribution in [0.25, 0.3) is 0 Å². The van der Waals surface area contributed by atoms with Crippen molar-refractivity contribution in [3.63, 3.8) is 0 Å². The van der Waals surface area contributed by atoms with Gasteiger partial charge < -0.3 is 5.32 Å². The molecule has 88 valence electrons. The van der Waals surface area contributed by atoms with Gasteiger partial charge in [0.05, 0.1) is 0 Å². The third-order valence-corrected chi connectivity index (χ3v) is 2.59. The van der Waals surface area contributed by atoms with Gasteiger partial charge in [-0.05, 0) is 25.5 Å². The van der Waals surface area contributed by atoms with Gasteiger partial charge in [0.25, 0.3) is 0 Å². The molecule has 0 fully saturated rings. The van der Waals surface area contributed by atoms with Crippen LogP contribution < -0.4 is 5.32 Å². The summed E-state index contributed by atoms with van der Waals surface area (Å²) in [5.41, 5.74) is 0.375. The zero-order chi connectivity index (χ0) is 12.2. The topological polar surface area (TPSA) is 29.1 Å². The van der Waals surface area contributed by atoms with Gasteiger partial charge in [0.15, 0.2) is 0 Å². The van der Waals surface area contributed by atoms with E-state index in [-0.39, 0.29) is 11.3 Å². The summed E-state index contributed by atoms with van der Waals surface area (Å²) in [7, 11) is 0. The number of carbonyl (C=O) groups is 1. The molecule has 1 rings (SSSR count). The summed E-state index contributed by atoms with van der Waals surface area (Å²) in [6.07, 6.45) is 0.660. The van der Waals surface area contributed by atoms with Crippen LogP contribution in [0.5, 0.6) is 0 Å². The zero-order valence-corrected chi connectivity index (χ0v) is 10.7. The van der Waals surface area contributed by atoms with Crippen LogP contribution in [0.3, 0.4) is 0 Å². The lowest BCUT2D eigenvalue weighted by molar-refractivity contribution is -0.124.